The van der Waals surface area contributed by atoms with Crippen LogP contribution in [0.15, 0.2) is 89.4 Å². The molecule has 1 fully saturated rings. The van der Waals surface area contributed by atoms with Crippen molar-refractivity contribution in [1.82, 2.24) is 9.47 Å². The molecule has 3 aromatic carbocycles. The number of hydrogen-bond donors (Lipinski definition) is 1. The lowest BCUT2D eigenvalue weighted by molar-refractivity contribution is 0.101. The molecule has 4 aromatic rings. The predicted molar refractivity (Wildman–Crippen MR) is 154 cm³/mol. The molecule has 40 heavy (non-hydrogen) atoms. The van der Waals surface area contributed by atoms with Crippen molar-refractivity contribution in [1.29, 1.82) is 0 Å². The molecule has 3 aliphatic rings. The second kappa shape index (κ2) is 9.65. The number of carbonyl (C=O) groups is 1. The topological polar surface area (TPSA) is 71.8 Å². The highest BCUT2D eigenvalue weighted by Crippen LogP contribution is 2.44. The highest BCUT2D eigenvalue weighted by Gasteiger charge is 2.37. The van der Waals surface area contributed by atoms with Crippen LogP contribution in [0.3, 0.4) is 0 Å². The van der Waals surface area contributed by atoms with Crippen molar-refractivity contribution in [3.63, 3.8) is 0 Å². The van der Waals surface area contributed by atoms with Gasteiger partial charge in [0.1, 0.15) is 11.5 Å². The number of piperidine rings is 1. The van der Waals surface area contributed by atoms with Crippen LogP contribution in [0.25, 0.3) is 17.2 Å². The molecular formula is C34H30N2O4. The number of Topliss-reactive ketones (excluding diaryl/α,β-unsaturated/α-hetero) is 1. The SMILES string of the molecule is Cc1cc(O)c(CN2C[C@@H]3C[C@H](C2)c2cccc(=O)n2C3)c2c1C(=O)/C(=C\c1ccc(-c3ccccc3)cc1)O2. The maximum absolute atomic E-state index is 13.5. The number of benzene rings is 3. The Balaban J connectivity index is 1.16. The summed E-state index contributed by atoms with van der Waals surface area (Å²) in [5.74, 6) is 1.33. The standard InChI is InChI=1S/C34H30N2O4/c1-21-14-29(37)27(20-35-17-23-15-26(19-35)28-8-5-9-31(38)36(28)18-23)34-32(21)33(39)30(40-34)16-22-10-12-25(13-11-22)24-6-3-2-4-7-24/h2-14,16,23,26,37H,15,17-20H2,1H3/b30-16+/t23-,26+/m0/s1. The van der Waals surface area contributed by atoms with Crippen LogP contribution in [0.2, 0.25) is 0 Å². The van der Waals surface area contributed by atoms with Crippen molar-refractivity contribution in [3.8, 4) is 22.6 Å². The predicted octanol–water partition coefficient (Wildman–Crippen LogP) is 5.76. The molecule has 6 nitrogen and oxygen atoms in total. The minimum Gasteiger partial charge on any atom is -0.507 e. The number of carbonyl (C=O) groups excluding carboxylic acids is 1. The maximum Gasteiger partial charge on any atom is 0.250 e. The monoisotopic (exact) mass is 530 g/mol. The lowest BCUT2D eigenvalue weighted by Crippen LogP contribution is -2.46. The fraction of sp³-hybridized carbons (Fsp3) is 0.235. The molecule has 200 valence electrons. The number of aromatic hydroxyl groups is 1. The second-order valence-corrected chi connectivity index (χ2v) is 11.2. The van der Waals surface area contributed by atoms with E-state index in [0.717, 1.165) is 41.9 Å². The number of pyridine rings is 1. The van der Waals surface area contributed by atoms with Gasteiger partial charge >= 0.3 is 0 Å². The minimum atomic E-state index is -0.162. The van der Waals surface area contributed by atoms with Crippen LogP contribution in [-0.2, 0) is 13.1 Å². The van der Waals surface area contributed by atoms with E-state index in [1.807, 2.05) is 60.0 Å². The number of nitrogens with zero attached hydrogens (tertiary/aromatic N) is 2. The summed E-state index contributed by atoms with van der Waals surface area (Å²) in [6, 6.07) is 25.4. The summed E-state index contributed by atoms with van der Waals surface area (Å²) in [5.41, 5.74) is 6.13. The highest BCUT2D eigenvalue weighted by atomic mass is 16.5. The largest absolute Gasteiger partial charge is 0.507 e. The number of hydrogen-bond acceptors (Lipinski definition) is 5. The summed E-state index contributed by atoms with van der Waals surface area (Å²) in [5, 5.41) is 11.0. The van der Waals surface area contributed by atoms with Gasteiger partial charge in [-0.3, -0.25) is 14.5 Å². The average Bonchev–Trinajstić information content (AvgIpc) is 3.28. The van der Waals surface area contributed by atoms with Crippen LogP contribution >= 0.6 is 0 Å². The number of allylic oxidation sites excluding steroid dienone is 1. The second-order valence-electron chi connectivity index (χ2n) is 11.2. The summed E-state index contributed by atoms with van der Waals surface area (Å²) < 4.78 is 8.14. The average molecular weight is 531 g/mol. The van der Waals surface area contributed by atoms with E-state index >= 15 is 0 Å². The van der Waals surface area contributed by atoms with Crippen molar-refractivity contribution < 1.29 is 14.6 Å². The molecule has 2 bridgehead atoms. The van der Waals surface area contributed by atoms with Crippen LogP contribution in [-0.4, -0.2) is 33.4 Å². The van der Waals surface area contributed by atoms with Gasteiger partial charge in [-0.2, -0.15) is 0 Å². The van der Waals surface area contributed by atoms with Gasteiger partial charge in [0.05, 0.1) is 11.1 Å². The van der Waals surface area contributed by atoms with Crippen molar-refractivity contribution in [2.45, 2.75) is 32.4 Å². The van der Waals surface area contributed by atoms with Gasteiger partial charge in [0.25, 0.3) is 5.56 Å². The van der Waals surface area contributed by atoms with E-state index in [1.54, 1.807) is 18.2 Å². The quantitative estimate of drug-likeness (QED) is 0.340. The normalized spacial score (nSPS) is 20.7. The molecule has 1 saturated heterocycles. The molecule has 1 N–H and O–H groups in total. The van der Waals surface area contributed by atoms with Gasteiger partial charge in [0.15, 0.2) is 5.76 Å². The van der Waals surface area contributed by atoms with Gasteiger partial charge in [0, 0.05) is 43.9 Å². The van der Waals surface area contributed by atoms with Gasteiger partial charge in [-0.05, 0) is 59.7 Å². The van der Waals surface area contributed by atoms with Gasteiger partial charge in [-0.1, -0.05) is 60.7 Å². The number of ketones is 1. The summed E-state index contributed by atoms with van der Waals surface area (Å²) in [4.78, 5) is 28.2. The van der Waals surface area contributed by atoms with Crippen molar-refractivity contribution >= 4 is 11.9 Å². The molecule has 7 rings (SSSR count). The van der Waals surface area contributed by atoms with Gasteiger partial charge in [-0.15, -0.1) is 0 Å². The lowest BCUT2D eigenvalue weighted by Gasteiger charge is -2.43. The fourth-order valence-corrected chi connectivity index (χ4v) is 6.63. The zero-order valence-electron chi connectivity index (χ0n) is 22.3. The first kappa shape index (κ1) is 24.6. The van der Waals surface area contributed by atoms with Gasteiger partial charge in [0.2, 0.25) is 5.78 Å². The summed E-state index contributed by atoms with van der Waals surface area (Å²) >= 11 is 0. The van der Waals surface area contributed by atoms with Crippen molar-refractivity contribution in [2.75, 3.05) is 13.1 Å². The first-order chi connectivity index (χ1) is 19.4. The lowest BCUT2D eigenvalue weighted by atomic mass is 9.83. The summed E-state index contributed by atoms with van der Waals surface area (Å²) in [7, 11) is 0. The van der Waals surface area contributed by atoms with E-state index in [2.05, 4.69) is 23.1 Å². The van der Waals surface area contributed by atoms with Crippen LogP contribution in [0.1, 0.15) is 45.1 Å². The molecule has 0 aliphatic carbocycles. The van der Waals surface area contributed by atoms with E-state index in [0.29, 0.717) is 41.4 Å². The van der Waals surface area contributed by atoms with E-state index in [4.69, 9.17) is 4.74 Å². The third-order valence-corrected chi connectivity index (χ3v) is 8.47. The fourth-order valence-electron chi connectivity index (χ4n) is 6.63. The third kappa shape index (κ3) is 4.25. The molecule has 1 aromatic heterocycles. The third-order valence-electron chi connectivity index (χ3n) is 8.47. The molecule has 6 heteroatoms. The first-order valence-corrected chi connectivity index (χ1v) is 13.8. The Morgan fingerprint density at radius 2 is 1.70 bits per heavy atom. The molecule has 0 radical (unpaired) electrons. The summed E-state index contributed by atoms with van der Waals surface area (Å²) in [6.45, 7) is 4.63. The van der Waals surface area contributed by atoms with Gasteiger partial charge < -0.3 is 14.4 Å². The van der Waals surface area contributed by atoms with E-state index in [1.165, 1.54) is 0 Å². The smallest absolute Gasteiger partial charge is 0.250 e. The molecule has 0 spiro atoms. The number of aryl methyl sites for hydroxylation is 1. The van der Waals surface area contributed by atoms with E-state index in [-0.39, 0.29) is 28.8 Å². The first-order valence-electron chi connectivity index (χ1n) is 13.8. The molecule has 0 saturated carbocycles. The molecule has 0 amide bonds. The van der Waals surface area contributed by atoms with E-state index in [9.17, 15) is 14.7 Å². The number of phenols is 1. The zero-order valence-corrected chi connectivity index (χ0v) is 22.3. The highest BCUT2D eigenvalue weighted by molar-refractivity contribution is 6.15. The Morgan fingerprint density at radius 1 is 0.925 bits per heavy atom. The Morgan fingerprint density at radius 3 is 2.50 bits per heavy atom. The zero-order chi connectivity index (χ0) is 27.4. The Hall–Kier alpha value is -4.42. The molecule has 0 unspecified atom stereocenters. The van der Waals surface area contributed by atoms with Crippen molar-refractivity contribution in [3.05, 3.63) is 123 Å². The molecule has 3 aliphatic heterocycles. The van der Waals surface area contributed by atoms with Crippen molar-refractivity contribution in [2.24, 2.45) is 5.92 Å². The van der Waals surface area contributed by atoms with Crippen LogP contribution in [0, 0.1) is 12.8 Å². The van der Waals surface area contributed by atoms with Crippen LogP contribution < -0.4 is 10.3 Å². The number of phenolic OH excluding ortho intramolecular Hbond substituents is 1. The van der Waals surface area contributed by atoms with E-state index < -0.39 is 0 Å². The minimum absolute atomic E-state index is 0.0654. The molecular weight excluding hydrogens is 500 g/mol. The number of likely N-dealkylation sites (tertiary alicyclic amines) is 1. The maximum atomic E-state index is 13.5. The molecule has 2 atom stereocenters. The molecule has 4 heterocycles. The number of ether oxygens (including phenoxy) is 1. The summed E-state index contributed by atoms with van der Waals surface area (Å²) in [6.07, 6.45) is 2.83. The van der Waals surface area contributed by atoms with Gasteiger partial charge in [-0.25, -0.2) is 0 Å². The Kier molecular flexibility index (Phi) is 5.93. The number of aromatic nitrogens is 1. The number of rotatable bonds is 4. The van der Waals surface area contributed by atoms with Crippen LogP contribution in [0.5, 0.6) is 11.5 Å². The number of fused-ring (bicyclic) bond motifs is 5. The Bertz CT molecular complexity index is 1720. The Labute approximate surface area is 232 Å². The van der Waals surface area contributed by atoms with Crippen LogP contribution in [0.4, 0.5) is 0 Å².